The molecule has 0 aliphatic rings. The molecular weight excluding hydrogens is 342 g/mol. The number of anilines is 1. The molecule has 0 fully saturated rings. The number of nitrogens with two attached hydrogens (primary N) is 1. The predicted molar refractivity (Wildman–Crippen MR) is 83.9 cm³/mol. The van der Waals surface area contributed by atoms with Gasteiger partial charge in [0.05, 0.1) is 17.4 Å². The topological polar surface area (TPSA) is 88.2 Å². The van der Waals surface area contributed by atoms with Gasteiger partial charge >= 0.3 is 0 Å². The highest BCUT2D eigenvalue weighted by atomic mass is 79.9. The molecule has 0 saturated carbocycles. The van der Waals surface area contributed by atoms with E-state index in [1.165, 1.54) is 18.5 Å². The van der Waals surface area contributed by atoms with Crippen molar-refractivity contribution >= 4 is 44.7 Å². The Morgan fingerprint density at radius 3 is 2.75 bits per heavy atom. The molecular formula is C13H10BrN3O2S. The van der Waals surface area contributed by atoms with Gasteiger partial charge in [-0.25, -0.2) is 0 Å². The maximum Gasteiger partial charge on any atom is 0.259 e. The van der Waals surface area contributed by atoms with Gasteiger partial charge in [0.1, 0.15) is 10.7 Å². The normalized spacial score (nSPS) is 10.1. The summed E-state index contributed by atoms with van der Waals surface area (Å²) < 4.78 is 0.796. The predicted octanol–water partition coefficient (Wildman–Crippen LogP) is 2.44. The molecule has 1 aromatic carbocycles. The molecule has 0 spiro atoms. The lowest BCUT2D eigenvalue weighted by atomic mass is 10.1. The first kappa shape index (κ1) is 14.4. The van der Waals surface area contributed by atoms with Crippen LogP contribution in [0.1, 0.15) is 15.9 Å². The second-order valence-electron chi connectivity index (χ2n) is 3.90. The van der Waals surface area contributed by atoms with Crippen molar-refractivity contribution in [3.63, 3.8) is 0 Å². The Balaban J connectivity index is 2.33. The van der Waals surface area contributed by atoms with Crippen molar-refractivity contribution < 1.29 is 9.90 Å². The van der Waals surface area contributed by atoms with Crippen molar-refractivity contribution in [1.29, 1.82) is 0 Å². The minimum atomic E-state index is -0.468. The summed E-state index contributed by atoms with van der Waals surface area (Å²) in [7, 11) is 0. The molecule has 7 heteroatoms. The smallest absolute Gasteiger partial charge is 0.259 e. The molecule has 0 saturated heterocycles. The van der Waals surface area contributed by atoms with Crippen LogP contribution in [0.4, 0.5) is 5.69 Å². The summed E-state index contributed by atoms with van der Waals surface area (Å²) in [5.41, 5.74) is 6.76. The van der Waals surface area contributed by atoms with Crippen LogP contribution in [0, 0.1) is 0 Å². The molecule has 2 aromatic rings. The van der Waals surface area contributed by atoms with E-state index in [1.54, 1.807) is 18.2 Å². The highest BCUT2D eigenvalue weighted by molar-refractivity contribution is 9.10. The molecule has 5 nitrogen and oxygen atoms in total. The molecule has 0 bridgehead atoms. The second-order valence-corrected chi connectivity index (χ2v) is 5.26. The SMILES string of the molecule is NC(=S)c1cc(Br)ccc1NC(=O)c1ccncc1O. The first-order valence-electron chi connectivity index (χ1n) is 5.52. The molecule has 1 amide bonds. The Kier molecular flexibility index (Phi) is 4.31. The van der Waals surface area contributed by atoms with Crippen LogP contribution in [0.15, 0.2) is 41.1 Å². The molecule has 0 aliphatic heterocycles. The van der Waals surface area contributed by atoms with Crippen molar-refractivity contribution in [3.8, 4) is 5.75 Å². The molecule has 0 aliphatic carbocycles. The van der Waals surface area contributed by atoms with Crippen molar-refractivity contribution in [2.24, 2.45) is 5.73 Å². The molecule has 0 atom stereocenters. The number of aromatic nitrogens is 1. The van der Waals surface area contributed by atoms with Gasteiger partial charge in [-0.1, -0.05) is 28.1 Å². The summed E-state index contributed by atoms with van der Waals surface area (Å²) in [6.07, 6.45) is 2.62. The Labute approximate surface area is 129 Å². The van der Waals surface area contributed by atoms with Crippen molar-refractivity contribution in [3.05, 3.63) is 52.3 Å². The number of nitrogens with one attached hydrogen (secondary N) is 1. The van der Waals surface area contributed by atoms with Crippen molar-refractivity contribution in [2.45, 2.75) is 0 Å². The maximum absolute atomic E-state index is 12.1. The first-order chi connectivity index (χ1) is 9.49. The van der Waals surface area contributed by atoms with E-state index in [1.807, 2.05) is 0 Å². The van der Waals surface area contributed by atoms with Crippen LogP contribution in [0.25, 0.3) is 0 Å². The Hall–Kier alpha value is -1.99. The third-order valence-electron chi connectivity index (χ3n) is 2.54. The van der Waals surface area contributed by atoms with E-state index in [-0.39, 0.29) is 16.3 Å². The highest BCUT2D eigenvalue weighted by Crippen LogP contribution is 2.23. The number of amides is 1. The number of carbonyl (C=O) groups excluding carboxylic acids is 1. The highest BCUT2D eigenvalue weighted by Gasteiger charge is 2.14. The van der Waals surface area contributed by atoms with E-state index in [0.29, 0.717) is 11.3 Å². The zero-order valence-corrected chi connectivity index (χ0v) is 12.5. The minimum Gasteiger partial charge on any atom is -0.505 e. The third-order valence-corrected chi connectivity index (χ3v) is 3.25. The summed E-state index contributed by atoms with van der Waals surface area (Å²) in [4.78, 5) is 16.0. The zero-order chi connectivity index (χ0) is 14.7. The minimum absolute atomic E-state index is 0.122. The molecule has 0 radical (unpaired) electrons. The largest absolute Gasteiger partial charge is 0.505 e. The summed E-state index contributed by atoms with van der Waals surface area (Å²) in [6, 6.07) is 6.56. The van der Waals surface area contributed by atoms with Gasteiger partial charge in [0, 0.05) is 16.2 Å². The lowest BCUT2D eigenvalue weighted by Crippen LogP contribution is -2.17. The number of carbonyl (C=O) groups is 1. The van der Waals surface area contributed by atoms with Crippen molar-refractivity contribution in [2.75, 3.05) is 5.32 Å². The summed E-state index contributed by atoms with van der Waals surface area (Å²) in [6.45, 7) is 0. The number of hydrogen-bond acceptors (Lipinski definition) is 4. The van der Waals surface area contributed by atoms with E-state index in [2.05, 4.69) is 26.2 Å². The average Bonchev–Trinajstić information content (AvgIpc) is 2.41. The van der Waals surface area contributed by atoms with Gasteiger partial charge in [-0.05, 0) is 24.3 Å². The number of nitrogens with zero attached hydrogens (tertiary/aromatic N) is 1. The van der Waals surface area contributed by atoms with E-state index >= 15 is 0 Å². The van der Waals surface area contributed by atoms with Gasteiger partial charge in [-0.3, -0.25) is 9.78 Å². The number of pyridine rings is 1. The third kappa shape index (κ3) is 3.12. The van der Waals surface area contributed by atoms with E-state index in [0.717, 1.165) is 4.47 Å². The monoisotopic (exact) mass is 351 g/mol. The van der Waals surface area contributed by atoms with Gasteiger partial charge in [0.2, 0.25) is 0 Å². The van der Waals surface area contributed by atoms with Gasteiger partial charge in [0.15, 0.2) is 0 Å². The Morgan fingerprint density at radius 2 is 2.10 bits per heavy atom. The lowest BCUT2D eigenvalue weighted by molar-refractivity contribution is 0.102. The number of hydrogen-bond donors (Lipinski definition) is 3. The first-order valence-corrected chi connectivity index (χ1v) is 6.73. The van der Waals surface area contributed by atoms with Crippen LogP contribution in [0.5, 0.6) is 5.75 Å². The average molecular weight is 352 g/mol. The van der Waals surface area contributed by atoms with Gasteiger partial charge in [-0.15, -0.1) is 0 Å². The van der Waals surface area contributed by atoms with Crippen LogP contribution in [0.2, 0.25) is 0 Å². The number of halogens is 1. The number of benzene rings is 1. The van der Waals surface area contributed by atoms with Crippen molar-refractivity contribution in [1.82, 2.24) is 4.98 Å². The lowest BCUT2D eigenvalue weighted by Gasteiger charge is -2.11. The fourth-order valence-corrected chi connectivity index (χ4v) is 2.13. The van der Waals surface area contributed by atoms with E-state index in [9.17, 15) is 9.90 Å². The quantitative estimate of drug-likeness (QED) is 0.739. The number of rotatable bonds is 3. The Morgan fingerprint density at radius 1 is 1.35 bits per heavy atom. The Bertz CT molecular complexity index is 691. The van der Waals surface area contributed by atoms with Crippen LogP contribution < -0.4 is 11.1 Å². The van der Waals surface area contributed by atoms with Gasteiger partial charge in [0.25, 0.3) is 5.91 Å². The molecule has 0 unspecified atom stereocenters. The number of aromatic hydroxyl groups is 1. The van der Waals surface area contributed by atoms with Gasteiger partial charge in [-0.2, -0.15) is 0 Å². The number of thiocarbonyl (C=S) groups is 1. The molecule has 1 heterocycles. The fraction of sp³-hybridized carbons (Fsp3) is 0. The molecule has 1 aromatic heterocycles. The fourth-order valence-electron chi connectivity index (χ4n) is 1.60. The van der Waals surface area contributed by atoms with Crippen LogP contribution >= 0.6 is 28.1 Å². The maximum atomic E-state index is 12.1. The second kappa shape index (κ2) is 5.98. The van der Waals surface area contributed by atoms with Crippen LogP contribution in [-0.2, 0) is 0 Å². The summed E-state index contributed by atoms with van der Waals surface area (Å²) >= 11 is 8.26. The molecule has 102 valence electrons. The summed E-state index contributed by atoms with van der Waals surface area (Å²) in [5, 5.41) is 12.3. The van der Waals surface area contributed by atoms with E-state index in [4.69, 9.17) is 18.0 Å². The standard InChI is InChI=1S/C13H10BrN3O2S/c14-7-1-2-10(9(5-7)12(15)20)17-13(19)8-3-4-16-6-11(8)18/h1-6,18H,(H2,15,20)(H,17,19). The van der Waals surface area contributed by atoms with E-state index < -0.39 is 5.91 Å². The van der Waals surface area contributed by atoms with Crippen LogP contribution in [-0.4, -0.2) is 21.0 Å². The molecule has 20 heavy (non-hydrogen) atoms. The summed E-state index contributed by atoms with van der Waals surface area (Å²) in [5.74, 6) is -0.663. The van der Waals surface area contributed by atoms with Gasteiger partial charge < -0.3 is 16.2 Å². The molecule has 4 N–H and O–H groups in total. The molecule has 2 rings (SSSR count). The van der Waals surface area contributed by atoms with Crippen LogP contribution in [0.3, 0.4) is 0 Å². The zero-order valence-electron chi connectivity index (χ0n) is 10.1.